The van der Waals surface area contributed by atoms with Crippen molar-refractivity contribution < 1.29 is 14.7 Å². The number of nitrogens with zero attached hydrogens (tertiary/aromatic N) is 1. The number of halogens is 1. The lowest BCUT2D eigenvalue weighted by Gasteiger charge is -2.15. The first kappa shape index (κ1) is 12.7. The summed E-state index contributed by atoms with van der Waals surface area (Å²) in [6.45, 7) is 2.28. The zero-order valence-electron chi connectivity index (χ0n) is 7.62. The van der Waals surface area contributed by atoms with E-state index in [9.17, 15) is 9.59 Å². The summed E-state index contributed by atoms with van der Waals surface area (Å²) in [6.07, 6.45) is 0.792. The Morgan fingerprint density at radius 2 is 2.08 bits per heavy atom. The van der Waals surface area contributed by atoms with E-state index in [2.05, 4.69) is 22.6 Å². The van der Waals surface area contributed by atoms with Gasteiger partial charge < -0.3 is 5.11 Å². The number of alkyl halides is 1. The third-order valence-corrected chi connectivity index (χ3v) is 2.11. The van der Waals surface area contributed by atoms with Crippen molar-refractivity contribution in [2.24, 2.45) is 0 Å². The second-order valence-electron chi connectivity index (χ2n) is 2.62. The number of rotatable bonds is 5. The van der Waals surface area contributed by atoms with Gasteiger partial charge in [-0.15, -0.1) is 0 Å². The maximum atomic E-state index is 11.2. The molecule has 5 heteroatoms. The summed E-state index contributed by atoms with van der Waals surface area (Å²) in [6, 6.07) is 0. The lowest BCUT2D eigenvalue weighted by molar-refractivity contribution is -0.128. The Labute approximate surface area is 91.4 Å². The summed E-state index contributed by atoms with van der Waals surface area (Å²) < 4.78 is 0.659. The Kier molecular flexibility index (Phi) is 6.93. The zero-order valence-corrected chi connectivity index (χ0v) is 9.78. The predicted octanol–water partition coefficient (Wildman–Crippen LogP) is 2.12. The Bertz CT molecular complexity index is 184. The molecule has 0 bridgehead atoms. The first-order valence-corrected chi connectivity index (χ1v) is 5.75. The molecule has 76 valence electrons. The van der Waals surface area contributed by atoms with Crippen molar-refractivity contribution in [2.45, 2.75) is 26.2 Å². The average Bonchev–Trinajstić information content (AvgIpc) is 2.05. The van der Waals surface area contributed by atoms with Crippen molar-refractivity contribution in [3.8, 4) is 0 Å². The molecule has 0 heterocycles. The van der Waals surface area contributed by atoms with Crippen LogP contribution in [0.15, 0.2) is 0 Å². The van der Waals surface area contributed by atoms with Crippen LogP contribution in [0.2, 0.25) is 0 Å². The van der Waals surface area contributed by atoms with Gasteiger partial charge in [0.15, 0.2) is 0 Å². The molecule has 0 unspecified atom stereocenters. The van der Waals surface area contributed by atoms with Crippen molar-refractivity contribution in [3.63, 3.8) is 0 Å². The van der Waals surface area contributed by atoms with Gasteiger partial charge in [-0.25, -0.2) is 9.69 Å². The van der Waals surface area contributed by atoms with Gasteiger partial charge in [0, 0.05) is 17.4 Å². The smallest absolute Gasteiger partial charge is 0.414 e. The van der Waals surface area contributed by atoms with Gasteiger partial charge in [0.05, 0.1) is 0 Å². The fourth-order valence-corrected chi connectivity index (χ4v) is 1.32. The maximum absolute atomic E-state index is 11.2. The highest BCUT2D eigenvalue weighted by Crippen LogP contribution is 2.01. The van der Waals surface area contributed by atoms with E-state index in [1.807, 2.05) is 6.92 Å². The van der Waals surface area contributed by atoms with Crippen molar-refractivity contribution in [2.75, 3.05) is 11.0 Å². The molecule has 0 rings (SSSR count). The van der Waals surface area contributed by atoms with Gasteiger partial charge in [-0.2, -0.15) is 0 Å². The van der Waals surface area contributed by atoms with E-state index >= 15 is 0 Å². The van der Waals surface area contributed by atoms with E-state index in [0.717, 1.165) is 17.7 Å². The van der Waals surface area contributed by atoms with Gasteiger partial charge in [-0.3, -0.25) is 4.79 Å². The highest BCUT2D eigenvalue weighted by molar-refractivity contribution is 14.1. The second kappa shape index (κ2) is 7.11. The van der Waals surface area contributed by atoms with E-state index < -0.39 is 6.09 Å². The zero-order chi connectivity index (χ0) is 10.3. The lowest BCUT2D eigenvalue weighted by Crippen LogP contribution is -2.36. The fourth-order valence-electron chi connectivity index (χ4n) is 0.859. The largest absolute Gasteiger partial charge is 0.465 e. The number of carbonyl (C=O) groups is 2. The minimum absolute atomic E-state index is 0.296. The third-order valence-electron chi connectivity index (χ3n) is 1.58. The SMILES string of the molecule is CCCCN(C(=O)O)C(=O)CCI. The summed E-state index contributed by atoms with van der Waals surface area (Å²) in [4.78, 5) is 22.8. The quantitative estimate of drug-likeness (QED) is 0.625. The van der Waals surface area contributed by atoms with Crippen LogP contribution in [0.4, 0.5) is 4.79 Å². The molecule has 13 heavy (non-hydrogen) atoms. The first-order valence-electron chi connectivity index (χ1n) is 4.22. The molecule has 0 aliphatic heterocycles. The number of carbonyl (C=O) groups excluding carboxylic acids is 1. The molecule has 0 atom stereocenters. The number of unbranched alkanes of at least 4 members (excludes halogenated alkanes) is 1. The van der Waals surface area contributed by atoms with Gasteiger partial charge >= 0.3 is 6.09 Å². The highest BCUT2D eigenvalue weighted by Gasteiger charge is 2.18. The van der Waals surface area contributed by atoms with Gasteiger partial charge in [-0.05, 0) is 6.42 Å². The number of hydrogen-bond acceptors (Lipinski definition) is 2. The molecule has 2 amide bonds. The molecular weight excluding hydrogens is 285 g/mol. The van der Waals surface area contributed by atoms with Crippen LogP contribution in [0.25, 0.3) is 0 Å². The molecule has 1 N–H and O–H groups in total. The van der Waals surface area contributed by atoms with Crippen molar-refractivity contribution >= 4 is 34.6 Å². The Morgan fingerprint density at radius 3 is 2.46 bits per heavy atom. The highest BCUT2D eigenvalue weighted by atomic mass is 127. The van der Waals surface area contributed by atoms with Crippen LogP contribution in [0.5, 0.6) is 0 Å². The molecule has 0 aromatic carbocycles. The second-order valence-corrected chi connectivity index (χ2v) is 3.70. The van der Waals surface area contributed by atoms with E-state index in [1.54, 1.807) is 0 Å². The molecule has 0 spiro atoms. The minimum atomic E-state index is -1.14. The van der Waals surface area contributed by atoms with Crippen LogP contribution < -0.4 is 0 Å². The number of imide groups is 1. The number of carboxylic acid groups (broad SMARTS) is 1. The maximum Gasteiger partial charge on any atom is 0.414 e. The Hall–Kier alpha value is -0.330. The summed E-state index contributed by atoms with van der Waals surface area (Å²) >= 11 is 2.06. The summed E-state index contributed by atoms with van der Waals surface area (Å²) in [5.41, 5.74) is 0. The normalized spacial score (nSPS) is 9.69. The summed E-state index contributed by atoms with van der Waals surface area (Å²) in [5, 5.41) is 8.70. The van der Waals surface area contributed by atoms with Gasteiger partial charge in [0.2, 0.25) is 5.91 Å². The van der Waals surface area contributed by atoms with E-state index in [0.29, 0.717) is 17.4 Å². The van der Waals surface area contributed by atoms with Crippen LogP contribution >= 0.6 is 22.6 Å². The van der Waals surface area contributed by atoms with Gasteiger partial charge in [0.25, 0.3) is 0 Å². The third kappa shape index (κ3) is 5.07. The monoisotopic (exact) mass is 299 g/mol. The Balaban J connectivity index is 4.07. The van der Waals surface area contributed by atoms with Crippen LogP contribution in [-0.2, 0) is 4.79 Å². The van der Waals surface area contributed by atoms with Crippen molar-refractivity contribution in [1.82, 2.24) is 4.90 Å². The molecule has 0 aromatic rings. The van der Waals surface area contributed by atoms with E-state index in [4.69, 9.17) is 5.11 Å². The van der Waals surface area contributed by atoms with Crippen LogP contribution in [0, 0.1) is 0 Å². The molecule has 0 saturated carbocycles. The molecule has 0 aliphatic carbocycles. The number of amides is 2. The van der Waals surface area contributed by atoms with Crippen LogP contribution in [0.3, 0.4) is 0 Å². The molecule has 0 aliphatic rings. The van der Waals surface area contributed by atoms with Crippen molar-refractivity contribution in [1.29, 1.82) is 0 Å². The molecule has 0 saturated heterocycles. The molecule has 4 nitrogen and oxygen atoms in total. The molecule has 0 radical (unpaired) electrons. The first-order chi connectivity index (χ1) is 6.13. The molecular formula is C8H14INO3. The minimum Gasteiger partial charge on any atom is -0.465 e. The van der Waals surface area contributed by atoms with Gasteiger partial charge in [0.1, 0.15) is 0 Å². The summed E-state index contributed by atoms with van der Waals surface area (Å²) in [7, 11) is 0. The van der Waals surface area contributed by atoms with Crippen LogP contribution in [0.1, 0.15) is 26.2 Å². The van der Waals surface area contributed by atoms with E-state index in [-0.39, 0.29) is 5.91 Å². The average molecular weight is 299 g/mol. The topological polar surface area (TPSA) is 57.6 Å². The van der Waals surface area contributed by atoms with Crippen LogP contribution in [-0.4, -0.2) is 33.0 Å². The lowest BCUT2D eigenvalue weighted by atomic mass is 10.3. The van der Waals surface area contributed by atoms with Gasteiger partial charge in [-0.1, -0.05) is 35.9 Å². The number of hydrogen-bond donors (Lipinski definition) is 1. The standard InChI is InChI=1S/C8H14INO3/c1-2-3-6-10(8(12)13)7(11)4-5-9/h2-6H2,1H3,(H,12,13). The predicted molar refractivity (Wildman–Crippen MR) is 58.1 cm³/mol. The fraction of sp³-hybridized carbons (Fsp3) is 0.750. The van der Waals surface area contributed by atoms with Crippen molar-refractivity contribution in [3.05, 3.63) is 0 Å². The molecule has 0 fully saturated rings. The van der Waals surface area contributed by atoms with E-state index in [1.165, 1.54) is 0 Å². The Morgan fingerprint density at radius 1 is 1.46 bits per heavy atom. The molecule has 0 aromatic heterocycles. The summed E-state index contributed by atoms with van der Waals surface area (Å²) in [5.74, 6) is -0.296.